The Labute approximate surface area is 134 Å². The Morgan fingerprint density at radius 3 is 2.30 bits per heavy atom. The average Bonchev–Trinajstić information content (AvgIpc) is 2.93. The number of nitrogens with one attached hydrogen (secondary N) is 1. The van der Waals surface area contributed by atoms with Crippen molar-refractivity contribution in [1.29, 1.82) is 0 Å². The van der Waals surface area contributed by atoms with E-state index in [1.807, 2.05) is 60.7 Å². The molecule has 0 heterocycles. The third kappa shape index (κ3) is 3.00. The van der Waals surface area contributed by atoms with E-state index in [0.29, 0.717) is 5.71 Å². The van der Waals surface area contributed by atoms with Crippen molar-refractivity contribution in [3.63, 3.8) is 0 Å². The minimum Gasteiger partial charge on any atom is -0.380 e. The first kappa shape index (κ1) is 15.0. The standard InChI is InChI=1S/C18H17N3O2/c19-17(22)21-20-15-11-16(13-7-3-1-4-8-13)18(23,12-15)14-9-5-2-6-10-14/h1-11,23H,12H2,(H3,19,21,22)/b20-15-/t18-/m1/s1. The molecule has 1 atom stereocenters. The number of hydrogen-bond acceptors (Lipinski definition) is 3. The van der Waals surface area contributed by atoms with Gasteiger partial charge < -0.3 is 10.8 Å². The zero-order valence-corrected chi connectivity index (χ0v) is 12.4. The number of hydrogen-bond donors (Lipinski definition) is 3. The lowest BCUT2D eigenvalue weighted by molar-refractivity contribution is 0.113. The Kier molecular flexibility index (Phi) is 3.95. The number of allylic oxidation sites excluding steroid dienone is 1. The predicted octanol–water partition coefficient (Wildman–Crippen LogP) is 2.39. The lowest BCUT2D eigenvalue weighted by atomic mass is 9.84. The molecule has 2 aromatic rings. The third-order valence-corrected chi connectivity index (χ3v) is 3.84. The minimum absolute atomic E-state index is 0.265. The highest BCUT2D eigenvalue weighted by Crippen LogP contribution is 2.43. The van der Waals surface area contributed by atoms with Gasteiger partial charge in [0.05, 0.1) is 5.71 Å². The molecule has 0 bridgehead atoms. The molecular formula is C18H17N3O2. The fourth-order valence-electron chi connectivity index (χ4n) is 2.80. The van der Waals surface area contributed by atoms with E-state index in [0.717, 1.165) is 16.7 Å². The molecule has 3 rings (SSSR count). The summed E-state index contributed by atoms with van der Waals surface area (Å²) in [6, 6.07) is 18.3. The molecule has 0 aromatic heterocycles. The van der Waals surface area contributed by atoms with Crippen LogP contribution in [-0.2, 0) is 5.60 Å². The van der Waals surface area contributed by atoms with Gasteiger partial charge in [0.25, 0.3) is 0 Å². The molecule has 0 saturated carbocycles. The molecule has 0 fully saturated rings. The molecule has 5 nitrogen and oxygen atoms in total. The number of urea groups is 1. The van der Waals surface area contributed by atoms with Crippen LogP contribution in [0.25, 0.3) is 5.57 Å². The van der Waals surface area contributed by atoms with E-state index in [1.165, 1.54) is 0 Å². The van der Waals surface area contributed by atoms with Crippen LogP contribution in [0.15, 0.2) is 71.8 Å². The second-order valence-electron chi connectivity index (χ2n) is 5.41. The van der Waals surface area contributed by atoms with Gasteiger partial charge in [-0.25, -0.2) is 10.2 Å². The van der Waals surface area contributed by atoms with Crippen LogP contribution in [0.4, 0.5) is 4.79 Å². The summed E-state index contributed by atoms with van der Waals surface area (Å²) in [5.74, 6) is 0. The molecule has 23 heavy (non-hydrogen) atoms. The van der Waals surface area contributed by atoms with E-state index in [9.17, 15) is 9.90 Å². The topological polar surface area (TPSA) is 87.7 Å². The fraction of sp³-hybridized carbons (Fsp3) is 0.111. The highest BCUT2D eigenvalue weighted by Gasteiger charge is 2.40. The molecule has 116 valence electrons. The number of amides is 2. The van der Waals surface area contributed by atoms with Crippen LogP contribution in [0, 0.1) is 0 Å². The van der Waals surface area contributed by atoms with Crippen molar-refractivity contribution in [1.82, 2.24) is 5.43 Å². The predicted molar refractivity (Wildman–Crippen MR) is 89.5 cm³/mol. The lowest BCUT2D eigenvalue weighted by Gasteiger charge is -2.27. The number of carbonyl (C=O) groups excluding carboxylic acids is 1. The van der Waals surface area contributed by atoms with E-state index < -0.39 is 11.6 Å². The van der Waals surface area contributed by atoms with Crippen LogP contribution in [0.3, 0.4) is 0 Å². The lowest BCUT2D eigenvalue weighted by Crippen LogP contribution is -2.27. The van der Waals surface area contributed by atoms with E-state index in [4.69, 9.17) is 5.73 Å². The molecule has 1 aliphatic carbocycles. The maximum absolute atomic E-state index is 11.3. The Morgan fingerprint density at radius 1 is 1.09 bits per heavy atom. The molecular weight excluding hydrogens is 290 g/mol. The molecule has 2 aromatic carbocycles. The minimum atomic E-state index is -1.19. The van der Waals surface area contributed by atoms with Gasteiger partial charge in [0.15, 0.2) is 0 Å². The SMILES string of the molecule is NC(=O)N/N=C1/C=C(c2ccccc2)[C@](O)(c2ccccc2)C1. The van der Waals surface area contributed by atoms with Crippen molar-refractivity contribution in [3.8, 4) is 0 Å². The van der Waals surface area contributed by atoms with Gasteiger partial charge in [-0.15, -0.1) is 0 Å². The summed E-state index contributed by atoms with van der Waals surface area (Å²) < 4.78 is 0. The average molecular weight is 307 g/mol. The first-order valence-electron chi connectivity index (χ1n) is 7.27. The van der Waals surface area contributed by atoms with E-state index in [2.05, 4.69) is 10.5 Å². The molecule has 0 unspecified atom stereocenters. The number of primary amides is 1. The summed E-state index contributed by atoms with van der Waals surface area (Å²) in [7, 11) is 0. The number of nitrogens with zero attached hydrogens (tertiary/aromatic N) is 1. The first-order chi connectivity index (χ1) is 11.1. The fourth-order valence-corrected chi connectivity index (χ4v) is 2.80. The van der Waals surface area contributed by atoms with Crippen LogP contribution < -0.4 is 11.2 Å². The molecule has 4 N–H and O–H groups in total. The number of carbonyl (C=O) groups is 1. The summed E-state index contributed by atoms with van der Waals surface area (Å²) in [6.07, 6.45) is 2.06. The number of hydrazone groups is 1. The number of rotatable bonds is 3. The van der Waals surface area contributed by atoms with Crippen molar-refractivity contribution in [2.45, 2.75) is 12.0 Å². The molecule has 0 spiro atoms. The first-order valence-corrected chi connectivity index (χ1v) is 7.27. The van der Waals surface area contributed by atoms with Gasteiger partial charge in [0.2, 0.25) is 0 Å². The summed E-state index contributed by atoms with van der Waals surface area (Å²) in [5, 5.41) is 15.3. The van der Waals surface area contributed by atoms with Gasteiger partial charge in [0.1, 0.15) is 5.60 Å². The van der Waals surface area contributed by atoms with Gasteiger partial charge in [-0.1, -0.05) is 60.7 Å². The van der Waals surface area contributed by atoms with Crippen molar-refractivity contribution < 1.29 is 9.90 Å². The molecule has 0 saturated heterocycles. The van der Waals surface area contributed by atoms with E-state index in [-0.39, 0.29) is 6.42 Å². The van der Waals surface area contributed by atoms with Gasteiger partial charge in [-0.05, 0) is 22.8 Å². The number of benzene rings is 2. The van der Waals surface area contributed by atoms with E-state index >= 15 is 0 Å². The Hall–Kier alpha value is -2.92. The third-order valence-electron chi connectivity index (χ3n) is 3.84. The summed E-state index contributed by atoms with van der Waals surface area (Å²) in [5.41, 5.74) is 9.07. The summed E-state index contributed by atoms with van der Waals surface area (Å²) in [6.45, 7) is 0. The van der Waals surface area contributed by atoms with Gasteiger partial charge in [0, 0.05) is 6.42 Å². The van der Waals surface area contributed by atoms with Crippen LogP contribution in [0.1, 0.15) is 17.5 Å². The van der Waals surface area contributed by atoms with Crippen molar-refractivity contribution in [2.75, 3.05) is 0 Å². The van der Waals surface area contributed by atoms with Crippen LogP contribution >= 0.6 is 0 Å². The monoisotopic (exact) mass is 307 g/mol. The smallest absolute Gasteiger partial charge is 0.332 e. The highest BCUT2D eigenvalue weighted by molar-refractivity contribution is 6.08. The highest BCUT2D eigenvalue weighted by atomic mass is 16.3. The van der Waals surface area contributed by atoms with Crippen molar-refractivity contribution in [3.05, 3.63) is 77.9 Å². The second kappa shape index (κ2) is 6.06. The maximum Gasteiger partial charge on any atom is 0.332 e. The van der Waals surface area contributed by atoms with Gasteiger partial charge in [-0.2, -0.15) is 5.10 Å². The van der Waals surface area contributed by atoms with Gasteiger partial charge >= 0.3 is 6.03 Å². The van der Waals surface area contributed by atoms with Crippen LogP contribution in [0.5, 0.6) is 0 Å². The quantitative estimate of drug-likeness (QED) is 0.760. The molecule has 5 heteroatoms. The Bertz CT molecular complexity index is 769. The van der Waals surface area contributed by atoms with Crippen molar-refractivity contribution in [2.24, 2.45) is 10.8 Å². The molecule has 0 radical (unpaired) electrons. The zero-order chi connectivity index (χ0) is 16.3. The van der Waals surface area contributed by atoms with E-state index in [1.54, 1.807) is 6.08 Å². The van der Waals surface area contributed by atoms with Gasteiger partial charge in [-0.3, -0.25) is 0 Å². The maximum atomic E-state index is 11.3. The number of aliphatic hydroxyl groups is 1. The Balaban J connectivity index is 2.07. The van der Waals surface area contributed by atoms with Crippen LogP contribution in [-0.4, -0.2) is 16.8 Å². The number of nitrogens with two attached hydrogens (primary N) is 1. The molecule has 0 aliphatic heterocycles. The summed E-state index contributed by atoms with van der Waals surface area (Å²) in [4.78, 5) is 10.9. The largest absolute Gasteiger partial charge is 0.380 e. The molecule has 2 amide bonds. The van der Waals surface area contributed by atoms with Crippen LogP contribution in [0.2, 0.25) is 0 Å². The summed E-state index contributed by atoms with van der Waals surface area (Å²) >= 11 is 0. The molecule has 1 aliphatic rings. The zero-order valence-electron chi connectivity index (χ0n) is 12.4. The Morgan fingerprint density at radius 2 is 1.70 bits per heavy atom. The normalized spacial score (nSPS) is 22.0. The second-order valence-corrected chi connectivity index (χ2v) is 5.41. The van der Waals surface area contributed by atoms with Crippen molar-refractivity contribution >= 4 is 17.3 Å².